The number of nitrogens with one attached hydrogen (secondary N) is 1. The number of alkyl carbamates (subject to hydrolysis) is 1. The van der Waals surface area contributed by atoms with Gasteiger partial charge in [0.25, 0.3) is 0 Å². The molecule has 1 N–H and O–H groups in total. The molecule has 0 saturated heterocycles. The first-order valence-electron chi connectivity index (χ1n) is 6.17. The summed E-state index contributed by atoms with van der Waals surface area (Å²) in [6.07, 6.45) is 2.46. The number of Topliss-reactive ketones (excluding diaryl/α,β-unsaturated/α-hetero) is 1. The van der Waals surface area contributed by atoms with Crippen LogP contribution in [0.5, 0.6) is 0 Å². The topological polar surface area (TPSA) is 55.4 Å². The Morgan fingerprint density at radius 3 is 2.00 bits per heavy atom. The lowest BCUT2D eigenvalue weighted by Crippen LogP contribution is -2.54. The number of amides is 1. The number of ether oxygens (including phenoxy) is 1. The first kappa shape index (κ1) is 14.0. The molecular formula is C13H23NO3. The third-order valence-electron chi connectivity index (χ3n) is 2.91. The minimum Gasteiger partial charge on any atom is -0.444 e. The number of ketones is 1. The van der Waals surface area contributed by atoms with E-state index in [0.717, 1.165) is 19.3 Å². The van der Waals surface area contributed by atoms with Gasteiger partial charge in [-0.05, 0) is 47.5 Å². The van der Waals surface area contributed by atoms with E-state index < -0.39 is 17.2 Å². The van der Waals surface area contributed by atoms with Gasteiger partial charge in [0.1, 0.15) is 5.60 Å². The van der Waals surface area contributed by atoms with Crippen LogP contribution in [0, 0.1) is 5.92 Å². The zero-order valence-electron chi connectivity index (χ0n) is 11.4. The second-order valence-electron chi connectivity index (χ2n) is 6.24. The normalized spacial score (nSPS) is 17.2. The fraction of sp³-hybridized carbons (Fsp3) is 0.846. The molecule has 1 saturated carbocycles. The summed E-state index contributed by atoms with van der Waals surface area (Å²) in [7, 11) is 0. The molecule has 0 bridgehead atoms. The van der Waals surface area contributed by atoms with Gasteiger partial charge in [0.15, 0.2) is 5.78 Å². The maximum absolute atomic E-state index is 12.1. The van der Waals surface area contributed by atoms with Crippen LogP contribution >= 0.6 is 0 Å². The van der Waals surface area contributed by atoms with Crippen molar-refractivity contribution in [2.45, 2.75) is 65.0 Å². The molecule has 17 heavy (non-hydrogen) atoms. The Morgan fingerprint density at radius 1 is 1.12 bits per heavy atom. The Labute approximate surface area is 103 Å². The van der Waals surface area contributed by atoms with E-state index in [1.54, 1.807) is 34.6 Å². The summed E-state index contributed by atoms with van der Waals surface area (Å²) in [5, 5.41) is 2.65. The summed E-state index contributed by atoms with van der Waals surface area (Å²) < 4.78 is 5.15. The van der Waals surface area contributed by atoms with E-state index in [1.165, 1.54) is 0 Å². The number of hydrogen-bond acceptors (Lipinski definition) is 3. The Kier molecular flexibility index (Phi) is 3.84. The standard InChI is InChI=1S/C13H23NO3/c1-12(2,3)17-11(16)14-13(4,5)10(15)9-7-6-8-9/h9H,6-8H2,1-5H3,(H,14,16). The lowest BCUT2D eigenvalue weighted by Gasteiger charge is -2.34. The van der Waals surface area contributed by atoms with Crippen LogP contribution in [0.3, 0.4) is 0 Å². The molecule has 0 heterocycles. The van der Waals surface area contributed by atoms with Crippen molar-refractivity contribution in [2.75, 3.05) is 0 Å². The van der Waals surface area contributed by atoms with Gasteiger partial charge in [-0.3, -0.25) is 4.79 Å². The predicted octanol–water partition coefficient (Wildman–Crippen LogP) is 2.66. The minimum absolute atomic E-state index is 0.106. The van der Waals surface area contributed by atoms with Gasteiger partial charge >= 0.3 is 6.09 Å². The molecular weight excluding hydrogens is 218 g/mol. The highest BCUT2D eigenvalue weighted by molar-refractivity contribution is 5.93. The van der Waals surface area contributed by atoms with E-state index in [9.17, 15) is 9.59 Å². The molecule has 0 aromatic heterocycles. The number of carbonyl (C=O) groups excluding carboxylic acids is 2. The molecule has 0 atom stereocenters. The predicted molar refractivity (Wildman–Crippen MR) is 65.8 cm³/mol. The van der Waals surface area contributed by atoms with Crippen LogP contribution in [0.1, 0.15) is 53.9 Å². The van der Waals surface area contributed by atoms with Crippen LogP contribution in [-0.2, 0) is 9.53 Å². The van der Waals surface area contributed by atoms with Crippen molar-refractivity contribution in [3.8, 4) is 0 Å². The summed E-state index contributed by atoms with van der Waals surface area (Å²) in [6.45, 7) is 8.86. The van der Waals surface area contributed by atoms with Gasteiger partial charge in [0.05, 0.1) is 5.54 Å². The molecule has 0 aromatic rings. The smallest absolute Gasteiger partial charge is 0.408 e. The molecule has 1 amide bonds. The van der Waals surface area contributed by atoms with Gasteiger partial charge in [0, 0.05) is 5.92 Å². The third-order valence-corrected chi connectivity index (χ3v) is 2.91. The van der Waals surface area contributed by atoms with E-state index in [4.69, 9.17) is 4.74 Å². The van der Waals surface area contributed by atoms with Crippen molar-refractivity contribution < 1.29 is 14.3 Å². The van der Waals surface area contributed by atoms with E-state index >= 15 is 0 Å². The van der Waals surface area contributed by atoms with Gasteiger partial charge in [-0.2, -0.15) is 0 Å². The quantitative estimate of drug-likeness (QED) is 0.826. The van der Waals surface area contributed by atoms with Crippen LogP contribution in [0.15, 0.2) is 0 Å². The molecule has 1 rings (SSSR count). The Bertz CT molecular complexity index is 311. The molecule has 0 aromatic carbocycles. The van der Waals surface area contributed by atoms with Crippen LogP contribution in [0.4, 0.5) is 4.79 Å². The van der Waals surface area contributed by atoms with Crippen LogP contribution in [0.25, 0.3) is 0 Å². The lowest BCUT2D eigenvalue weighted by molar-refractivity contribution is -0.130. The molecule has 1 aliphatic rings. The van der Waals surface area contributed by atoms with Crippen molar-refractivity contribution in [3.05, 3.63) is 0 Å². The van der Waals surface area contributed by atoms with E-state index in [1.807, 2.05) is 0 Å². The van der Waals surface area contributed by atoms with Crippen LogP contribution in [0.2, 0.25) is 0 Å². The van der Waals surface area contributed by atoms with Gasteiger partial charge in [-0.25, -0.2) is 4.79 Å². The number of carbonyl (C=O) groups is 2. The monoisotopic (exact) mass is 241 g/mol. The fourth-order valence-electron chi connectivity index (χ4n) is 1.80. The number of rotatable bonds is 3. The molecule has 0 spiro atoms. The Morgan fingerprint density at radius 2 is 1.65 bits per heavy atom. The minimum atomic E-state index is -0.840. The molecule has 1 aliphatic carbocycles. The van der Waals surface area contributed by atoms with Crippen molar-refractivity contribution in [2.24, 2.45) is 5.92 Å². The molecule has 1 fully saturated rings. The molecule has 4 nitrogen and oxygen atoms in total. The third kappa shape index (κ3) is 4.02. The highest BCUT2D eigenvalue weighted by atomic mass is 16.6. The van der Waals surface area contributed by atoms with Crippen molar-refractivity contribution >= 4 is 11.9 Å². The average molecular weight is 241 g/mol. The van der Waals surface area contributed by atoms with E-state index in [0.29, 0.717) is 0 Å². The maximum atomic E-state index is 12.1. The first-order chi connectivity index (χ1) is 7.62. The van der Waals surface area contributed by atoms with E-state index in [-0.39, 0.29) is 11.7 Å². The maximum Gasteiger partial charge on any atom is 0.408 e. The van der Waals surface area contributed by atoms with Gasteiger partial charge in [-0.1, -0.05) is 6.42 Å². The summed E-state index contributed by atoms with van der Waals surface area (Å²) in [5.41, 5.74) is -1.38. The van der Waals surface area contributed by atoms with Gasteiger partial charge in [0.2, 0.25) is 0 Å². The molecule has 0 aliphatic heterocycles. The summed E-state index contributed by atoms with van der Waals surface area (Å²) in [5.74, 6) is 0.217. The Balaban J connectivity index is 2.53. The molecule has 0 radical (unpaired) electrons. The van der Waals surface area contributed by atoms with Crippen molar-refractivity contribution in [3.63, 3.8) is 0 Å². The van der Waals surface area contributed by atoms with Crippen molar-refractivity contribution in [1.82, 2.24) is 5.32 Å². The lowest BCUT2D eigenvalue weighted by atomic mass is 9.76. The van der Waals surface area contributed by atoms with Crippen LogP contribution < -0.4 is 5.32 Å². The summed E-state index contributed by atoms with van der Waals surface area (Å²) in [4.78, 5) is 23.7. The van der Waals surface area contributed by atoms with Crippen molar-refractivity contribution in [1.29, 1.82) is 0 Å². The largest absolute Gasteiger partial charge is 0.444 e. The highest BCUT2D eigenvalue weighted by Gasteiger charge is 2.38. The highest BCUT2D eigenvalue weighted by Crippen LogP contribution is 2.30. The number of hydrogen-bond donors (Lipinski definition) is 1. The summed E-state index contributed by atoms with van der Waals surface area (Å²) in [6, 6.07) is 0. The van der Waals surface area contributed by atoms with Gasteiger partial charge < -0.3 is 10.1 Å². The Hall–Kier alpha value is -1.06. The average Bonchev–Trinajstić information content (AvgIpc) is 1.94. The zero-order valence-corrected chi connectivity index (χ0v) is 11.4. The van der Waals surface area contributed by atoms with E-state index in [2.05, 4.69) is 5.32 Å². The van der Waals surface area contributed by atoms with Gasteiger partial charge in [-0.15, -0.1) is 0 Å². The molecule has 98 valence electrons. The van der Waals surface area contributed by atoms with Crippen LogP contribution in [-0.4, -0.2) is 23.0 Å². The second kappa shape index (κ2) is 4.67. The molecule has 0 unspecified atom stereocenters. The molecule has 4 heteroatoms. The zero-order chi connectivity index (χ0) is 13.3. The second-order valence-corrected chi connectivity index (χ2v) is 6.24. The summed E-state index contributed by atoms with van der Waals surface area (Å²) >= 11 is 0. The SMILES string of the molecule is CC(C)(C)OC(=O)NC(C)(C)C(=O)C1CCC1. The first-order valence-corrected chi connectivity index (χ1v) is 6.17. The fourth-order valence-corrected chi connectivity index (χ4v) is 1.80.